The van der Waals surface area contributed by atoms with Crippen LogP contribution in [0, 0.1) is 6.92 Å². The molecule has 0 bridgehead atoms. The Balaban J connectivity index is 1.47. The monoisotopic (exact) mass is 472 g/mol. The van der Waals surface area contributed by atoms with E-state index in [9.17, 15) is 25.2 Å². The Morgan fingerprint density at radius 1 is 0.971 bits per heavy atom. The molecule has 2 aliphatic rings. The highest BCUT2D eigenvalue weighted by molar-refractivity contribution is 5.84. The molecule has 0 unspecified atom stereocenters. The highest BCUT2D eigenvalue weighted by Gasteiger charge is 2.44. The zero-order chi connectivity index (χ0) is 24.0. The van der Waals surface area contributed by atoms with E-state index < -0.39 is 37.3 Å². The highest BCUT2D eigenvalue weighted by Crippen LogP contribution is 2.35. The third-order valence-corrected chi connectivity index (χ3v) is 5.97. The van der Waals surface area contributed by atoms with Gasteiger partial charge >= 0.3 is 0 Å². The maximum Gasteiger partial charge on any atom is 0.229 e. The largest absolute Gasteiger partial charge is 0.486 e. The molecule has 0 amide bonds. The number of fused-ring (bicyclic) bond motifs is 2. The summed E-state index contributed by atoms with van der Waals surface area (Å²) in [5, 5.41) is 39.7. The van der Waals surface area contributed by atoms with E-state index >= 15 is 0 Å². The molecule has 2 aliphatic heterocycles. The van der Waals surface area contributed by atoms with E-state index in [0.717, 1.165) is 0 Å². The van der Waals surface area contributed by atoms with E-state index in [1.165, 1.54) is 18.2 Å². The van der Waals surface area contributed by atoms with E-state index in [2.05, 4.69) is 0 Å². The average Bonchev–Trinajstić information content (AvgIpc) is 2.84. The second-order valence-electron chi connectivity index (χ2n) is 8.19. The van der Waals surface area contributed by atoms with Crippen LogP contribution in [0.4, 0.5) is 0 Å². The number of ether oxygens (including phenoxy) is 4. The van der Waals surface area contributed by atoms with Gasteiger partial charge in [0, 0.05) is 6.07 Å². The van der Waals surface area contributed by atoms with Gasteiger partial charge in [-0.15, -0.1) is 0 Å². The molecule has 0 aliphatic carbocycles. The first-order chi connectivity index (χ1) is 16.4. The van der Waals surface area contributed by atoms with Crippen LogP contribution in [0.15, 0.2) is 45.6 Å². The van der Waals surface area contributed by atoms with Crippen LogP contribution >= 0.6 is 0 Å². The van der Waals surface area contributed by atoms with Crippen LogP contribution in [0.5, 0.6) is 17.2 Å². The molecule has 10 nitrogen and oxygen atoms in total. The van der Waals surface area contributed by atoms with E-state index in [0.29, 0.717) is 47.0 Å². The Labute approximate surface area is 193 Å². The van der Waals surface area contributed by atoms with E-state index in [-0.39, 0.29) is 16.8 Å². The Morgan fingerprint density at radius 3 is 2.50 bits per heavy atom. The summed E-state index contributed by atoms with van der Waals surface area (Å²) < 4.78 is 28.1. The fourth-order valence-electron chi connectivity index (χ4n) is 4.19. The molecule has 1 aromatic heterocycles. The van der Waals surface area contributed by atoms with E-state index in [1.54, 1.807) is 25.1 Å². The van der Waals surface area contributed by atoms with Crippen LogP contribution in [0.3, 0.4) is 0 Å². The van der Waals surface area contributed by atoms with Crippen molar-refractivity contribution in [2.24, 2.45) is 0 Å². The summed E-state index contributed by atoms with van der Waals surface area (Å²) in [6.45, 7) is 2.01. The first kappa shape index (κ1) is 22.6. The summed E-state index contributed by atoms with van der Waals surface area (Å²) in [5.41, 5.74) is 1.05. The van der Waals surface area contributed by atoms with Crippen molar-refractivity contribution < 1.29 is 43.8 Å². The lowest BCUT2D eigenvalue weighted by molar-refractivity contribution is -0.277. The lowest BCUT2D eigenvalue weighted by atomic mass is 9.99. The Kier molecular flexibility index (Phi) is 5.92. The van der Waals surface area contributed by atoms with Crippen molar-refractivity contribution in [1.82, 2.24) is 0 Å². The van der Waals surface area contributed by atoms with Gasteiger partial charge in [-0.1, -0.05) is 6.07 Å². The number of hydrogen-bond acceptors (Lipinski definition) is 10. The Bertz CT molecular complexity index is 1270. The van der Waals surface area contributed by atoms with Gasteiger partial charge in [0.05, 0.1) is 17.6 Å². The molecule has 1 saturated heterocycles. The molecule has 1 fully saturated rings. The lowest BCUT2D eigenvalue weighted by Gasteiger charge is -2.39. The zero-order valence-electron chi connectivity index (χ0n) is 18.2. The van der Waals surface area contributed by atoms with Gasteiger partial charge in [0.1, 0.15) is 54.7 Å². The molecule has 3 aromatic rings. The fourth-order valence-corrected chi connectivity index (χ4v) is 4.19. The molecule has 0 radical (unpaired) electrons. The molecule has 5 atom stereocenters. The Hall–Kier alpha value is -3.15. The van der Waals surface area contributed by atoms with Gasteiger partial charge in [-0.3, -0.25) is 4.79 Å². The third-order valence-electron chi connectivity index (χ3n) is 5.97. The van der Waals surface area contributed by atoms with Crippen molar-refractivity contribution in [2.45, 2.75) is 37.6 Å². The summed E-state index contributed by atoms with van der Waals surface area (Å²) in [6, 6.07) is 9.78. The number of aliphatic hydroxyl groups excluding tert-OH is 4. The molecule has 0 saturated carbocycles. The first-order valence-electron chi connectivity index (χ1n) is 10.8. The standard InChI is InChI=1S/C24H24O10/c1-11-19(12-2-5-15-17(8-12)31-7-6-30-15)20(26)14-4-3-13(9-16(14)32-11)33-24-23(29)22(28)21(27)18(10-25)34-24/h2-5,8-9,18,21-25,27-29H,6-7,10H2,1H3/t18-,21-,22+,23-,24+/m1/s1. The van der Waals surface area contributed by atoms with Crippen molar-refractivity contribution in [3.05, 3.63) is 52.4 Å². The minimum Gasteiger partial charge on any atom is -0.486 e. The lowest BCUT2D eigenvalue weighted by Crippen LogP contribution is -2.60. The average molecular weight is 472 g/mol. The molecule has 5 rings (SSSR count). The molecule has 4 N–H and O–H groups in total. The summed E-state index contributed by atoms with van der Waals surface area (Å²) in [7, 11) is 0. The first-order valence-corrected chi connectivity index (χ1v) is 10.8. The summed E-state index contributed by atoms with van der Waals surface area (Å²) in [6.07, 6.45) is -7.06. The smallest absolute Gasteiger partial charge is 0.229 e. The molecule has 2 aromatic carbocycles. The molecule has 180 valence electrons. The predicted octanol–water partition coefficient (Wildman–Crippen LogP) is 0.718. The summed E-state index contributed by atoms with van der Waals surface area (Å²) >= 11 is 0. The molecule has 10 heteroatoms. The highest BCUT2D eigenvalue weighted by atomic mass is 16.7. The van der Waals surface area contributed by atoms with Crippen molar-refractivity contribution in [1.29, 1.82) is 0 Å². The maximum atomic E-state index is 13.3. The van der Waals surface area contributed by atoms with Crippen LogP contribution in [0.2, 0.25) is 0 Å². The summed E-state index contributed by atoms with van der Waals surface area (Å²) in [5.74, 6) is 1.77. The van der Waals surface area contributed by atoms with Crippen LogP contribution in [-0.4, -0.2) is 71.0 Å². The van der Waals surface area contributed by atoms with Gasteiger partial charge < -0.3 is 43.8 Å². The molecule has 34 heavy (non-hydrogen) atoms. The van der Waals surface area contributed by atoms with E-state index in [1.807, 2.05) is 0 Å². The normalized spacial score (nSPS) is 26.4. The van der Waals surface area contributed by atoms with Crippen molar-refractivity contribution in [3.63, 3.8) is 0 Å². The topological polar surface area (TPSA) is 148 Å². The van der Waals surface area contributed by atoms with Gasteiger partial charge in [-0.2, -0.15) is 0 Å². The van der Waals surface area contributed by atoms with Crippen molar-refractivity contribution in [3.8, 4) is 28.4 Å². The number of aliphatic hydroxyl groups is 4. The predicted molar refractivity (Wildman–Crippen MR) is 118 cm³/mol. The SMILES string of the molecule is Cc1oc2cc(O[C@H]3O[C@H](CO)[C@@H](O)[C@H](O)[C@H]3O)ccc2c(=O)c1-c1ccc2c(c1)OCCO2. The van der Waals surface area contributed by atoms with Crippen LogP contribution < -0.4 is 19.6 Å². The second-order valence-corrected chi connectivity index (χ2v) is 8.19. The third kappa shape index (κ3) is 3.89. The van der Waals surface area contributed by atoms with Gasteiger partial charge in [0.15, 0.2) is 11.5 Å². The number of aryl methyl sites for hydroxylation is 1. The van der Waals surface area contributed by atoms with Crippen LogP contribution in [-0.2, 0) is 4.74 Å². The Morgan fingerprint density at radius 2 is 1.74 bits per heavy atom. The zero-order valence-corrected chi connectivity index (χ0v) is 18.2. The maximum absolute atomic E-state index is 13.3. The van der Waals surface area contributed by atoms with Gasteiger partial charge in [0.2, 0.25) is 11.7 Å². The van der Waals surface area contributed by atoms with Crippen molar-refractivity contribution in [2.75, 3.05) is 19.8 Å². The minimum atomic E-state index is -1.56. The summed E-state index contributed by atoms with van der Waals surface area (Å²) in [4.78, 5) is 13.3. The minimum absolute atomic E-state index is 0.200. The second kappa shape index (κ2) is 8.90. The molecule has 0 spiro atoms. The fraction of sp³-hybridized carbons (Fsp3) is 0.375. The number of rotatable bonds is 4. The van der Waals surface area contributed by atoms with Gasteiger partial charge in [0.25, 0.3) is 0 Å². The number of hydrogen-bond donors (Lipinski definition) is 4. The molecular weight excluding hydrogens is 448 g/mol. The van der Waals surface area contributed by atoms with Gasteiger partial charge in [-0.25, -0.2) is 0 Å². The van der Waals surface area contributed by atoms with Crippen molar-refractivity contribution >= 4 is 11.0 Å². The quantitative estimate of drug-likeness (QED) is 0.428. The van der Waals surface area contributed by atoms with E-state index in [4.69, 9.17) is 23.4 Å². The van der Waals surface area contributed by atoms with Crippen LogP contribution in [0.25, 0.3) is 22.1 Å². The van der Waals surface area contributed by atoms with Crippen LogP contribution in [0.1, 0.15) is 5.76 Å². The molecular formula is C24H24O10. The number of benzene rings is 2. The molecule has 3 heterocycles. The van der Waals surface area contributed by atoms with Gasteiger partial charge in [-0.05, 0) is 36.8 Å².